The number of carbonyl (C=O) groups excluding carboxylic acids is 1. The van der Waals surface area contributed by atoms with Crippen LogP contribution < -0.4 is 10.1 Å². The van der Waals surface area contributed by atoms with Crippen LogP contribution in [0, 0.1) is 5.41 Å². The van der Waals surface area contributed by atoms with Gasteiger partial charge in [0.15, 0.2) is 0 Å². The van der Waals surface area contributed by atoms with Crippen molar-refractivity contribution in [1.29, 1.82) is 0 Å². The Morgan fingerprint density at radius 1 is 1.38 bits per heavy atom. The Hall–Kier alpha value is -2.11. The van der Waals surface area contributed by atoms with Gasteiger partial charge in [0, 0.05) is 12.6 Å². The maximum atomic E-state index is 12.2. The summed E-state index contributed by atoms with van der Waals surface area (Å²) >= 11 is 0. The number of anilines is 1. The van der Waals surface area contributed by atoms with Crippen molar-refractivity contribution < 1.29 is 19.4 Å². The highest BCUT2D eigenvalue weighted by Gasteiger charge is 2.38. The number of ether oxygens (including phenoxy) is 1. The third kappa shape index (κ3) is 3.93. The summed E-state index contributed by atoms with van der Waals surface area (Å²) in [6.45, 7) is 0. The number of carboxylic acids is 1. The Morgan fingerprint density at radius 2 is 2.10 bits per heavy atom. The first kappa shape index (κ1) is 15.3. The first-order valence-electron chi connectivity index (χ1n) is 7.05. The van der Waals surface area contributed by atoms with Crippen molar-refractivity contribution in [2.24, 2.45) is 5.41 Å². The van der Waals surface area contributed by atoms with E-state index in [0.717, 1.165) is 25.7 Å². The van der Waals surface area contributed by atoms with Crippen molar-refractivity contribution in [3.8, 4) is 5.88 Å². The molecule has 6 heteroatoms. The Bertz CT molecular complexity index is 524. The number of nitrogens with zero attached hydrogens (tertiary/aromatic N) is 1. The van der Waals surface area contributed by atoms with E-state index in [0.29, 0.717) is 11.6 Å². The van der Waals surface area contributed by atoms with E-state index < -0.39 is 11.4 Å². The quantitative estimate of drug-likeness (QED) is 0.840. The van der Waals surface area contributed by atoms with Gasteiger partial charge >= 0.3 is 5.97 Å². The predicted octanol–water partition coefficient (Wildman–Crippen LogP) is 2.45. The van der Waals surface area contributed by atoms with E-state index in [2.05, 4.69) is 10.3 Å². The van der Waals surface area contributed by atoms with E-state index in [1.54, 1.807) is 18.3 Å². The van der Waals surface area contributed by atoms with Gasteiger partial charge in [-0.15, -0.1) is 0 Å². The van der Waals surface area contributed by atoms with Gasteiger partial charge in [0.2, 0.25) is 11.8 Å². The number of methoxy groups -OCH3 is 1. The first-order valence-corrected chi connectivity index (χ1v) is 7.05. The van der Waals surface area contributed by atoms with Crippen LogP contribution in [0.2, 0.25) is 0 Å². The molecule has 21 heavy (non-hydrogen) atoms. The number of hydrogen-bond donors (Lipinski definition) is 2. The van der Waals surface area contributed by atoms with Crippen LogP contribution in [0.15, 0.2) is 18.3 Å². The second-order valence-corrected chi connectivity index (χ2v) is 5.56. The first-order chi connectivity index (χ1) is 10.0. The summed E-state index contributed by atoms with van der Waals surface area (Å²) in [5.41, 5.74) is 0.0965. The number of carbonyl (C=O) groups is 2. The van der Waals surface area contributed by atoms with Crippen LogP contribution >= 0.6 is 0 Å². The number of rotatable bonds is 6. The average molecular weight is 292 g/mol. The maximum absolute atomic E-state index is 12.2. The summed E-state index contributed by atoms with van der Waals surface area (Å²) in [4.78, 5) is 27.3. The zero-order valence-corrected chi connectivity index (χ0v) is 12.1. The SMILES string of the molecule is COc1ncccc1NC(=O)CC1(CC(=O)O)CCCC1. The summed E-state index contributed by atoms with van der Waals surface area (Å²) in [5.74, 6) is -0.683. The molecule has 0 radical (unpaired) electrons. The molecule has 2 N–H and O–H groups in total. The number of carboxylic acid groups (broad SMARTS) is 1. The highest BCUT2D eigenvalue weighted by atomic mass is 16.5. The van der Waals surface area contributed by atoms with Crippen molar-refractivity contribution in [1.82, 2.24) is 4.98 Å². The molecule has 0 atom stereocenters. The molecule has 114 valence electrons. The Labute approximate surface area is 123 Å². The topological polar surface area (TPSA) is 88.5 Å². The van der Waals surface area contributed by atoms with Crippen molar-refractivity contribution in [3.05, 3.63) is 18.3 Å². The highest BCUT2D eigenvalue weighted by Crippen LogP contribution is 2.44. The summed E-state index contributed by atoms with van der Waals surface area (Å²) in [6, 6.07) is 3.42. The third-order valence-electron chi connectivity index (χ3n) is 3.96. The zero-order chi connectivity index (χ0) is 15.3. The monoisotopic (exact) mass is 292 g/mol. The molecule has 1 aromatic rings. The van der Waals surface area contributed by atoms with Gasteiger partial charge in [-0.1, -0.05) is 12.8 Å². The van der Waals surface area contributed by atoms with E-state index in [1.165, 1.54) is 7.11 Å². The molecule has 0 unspecified atom stereocenters. The number of hydrogen-bond acceptors (Lipinski definition) is 4. The van der Waals surface area contributed by atoms with E-state index in [-0.39, 0.29) is 18.7 Å². The molecule has 0 aromatic carbocycles. The van der Waals surface area contributed by atoms with Gasteiger partial charge in [-0.05, 0) is 30.4 Å². The lowest BCUT2D eigenvalue weighted by molar-refractivity contribution is -0.140. The molecule has 0 aliphatic heterocycles. The molecule has 0 saturated heterocycles. The standard InChI is InChI=1S/C15H20N2O4/c1-21-14-11(5-4-8-16-14)17-12(18)9-15(10-13(19)20)6-2-3-7-15/h4-5,8H,2-3,6-7,9-10H2,1H3,(H,17,18)(H,19,20). The molecule has 1 aromatic heterocycles. The highest BCUT2D eigenvalue weighted by molar-refractivity contribution is 5.92. The molecule has 6 nitrogen and oxygen atoms in total. The second-order valence-electron chi connectivity index (χ2n) is 5.56. The van der Waals surface area contributed by atoms with Crippen molar-refractivity contribution >= 4 is 17.6 Å². The molecule has 1 fully saturated rings. The van der Waals surface area contributed by atoms with E-state index >= 15 is 0 Å². The lowest BCUT2D eigenvalue weighted by atomic mass is 9.79. The molecule has 1 aliphatic rings. The van der Waals surface area contributed by atoms with Gasteiger partial charge in [-0.25, -0.2) is 4.98 Å². The maximum Gasteiger partial charge on any atom is 0.303 e. The van der Waals surface area contributed by atoms with Crippen LogP contribution in [0.3, 0.4) is 0 Å². The summed E-state index contributed by atoms with van der Waals surface area (Å²) < 4.78 is 5.09. The number of nitrogens with one attached hydrogen (secondary N) is 1. The Kier molecular flexibility index (Phi) is 4.77. The largest absolute Gasteiger partial charge is 0.481 e. The molecule has 0 bridgehead atoms. The fourth-order valence-electron chi connectivity index (χ4n) is 3.05. The fourth-order valence-corrected chi connectivity index (χ4v) is 3.05. The summed E-state index contributed by atoms with van der Waals surface area (Å²) in [6.07, 6.45) is 5.39. The lowest BCUT2D eigenvalue weighted by Gasteiger charge is -2.26. The van der Waals surface area contributed by atoms with Gasteiger partial charge in [0.1, 0.15) is 5.69 Å². The van der Waals surface area contributed by atoms with E-state index in [1.807, 2.05) is 0 Å². The second kappa shape index (κ2) is 6.56. The minimum absolute atomic E-state index is 0.0462. The van der Waals surface area contributed by atoms with Crippen LogP contribution in [0.5, 0.6) is 5.88 Å². The molecule has 1 heterocycles. The molecule has 0 spiro atoms. The Balaban J connectivity index is 2.04. The van der Waals surface area contributed by atoms with Crippen LogP contribution in [0.25, 0.3) is 0 Å². The van der Waals surface area contributed by atoms with E-state index in [4.69, 9.17) is 9.84 Å². The van der Waals surface area contributed by atoms with Crippen LogP contribution in [0.4, 0.5) is 5.69 Å². The van der Waals surface area contributed by atoms with Gasteiger partial charge in [-0.3, -0.25) is 9.59 Å². The molecule has 1 aliphatic carbocycles. The molecule has 1 saturated carbocycles. The van der Waals surface area contributed by atoms with Crippen LogP contribution in [0.1, 0.15) is 38.5 Å². The van der Waals surface area contributed by atoms with Gasteiger partial charge < -0.3 is 15.2 Å². The molecule has 2 rings (SSSR count). The predicted molar refractivity (Wildman–Crippen MR) is 77.2 cm³/mol. The fraction of sp³-hybridized carbons (Fsp3) is 0.533. The van der Waals surface area contributed by atoms with E-state index in [9.17, 15) is 9.59 Å². The number of pyridine rings is 1. The number of amides is 1. The number of aromatic nitrogens is 1. The van der Waals surface area contributed by atoms with Crippen molar-refractivity contribution in [2.75, 3.05) is 12.4 Å². The van der Waals surface area contributed by atoms with Crippen molar-refractivity contribution in [3.63, 3.8) is 0 Å². The minimum Gasteiger partial charge on any atom is -0.481 e. The number of aliphatic carboxylic acids is 1. The van der Waals surface area contributed by atoms with Gasteiger partial charge in [0.25, 0.3) is 0 Å². The summed E-state index contributed by atoms with van der Waals surface area (Å²) in [7, 11) is 1.49. The zero-order valence-electron chi connectivity index (χ0n) is 12.1. The van der Waals surface area contributed by atoms with Crippen LogP contribution in [-0.2, 0) is 9.59 Å². The average Bonchev–Trinajstić information content (AvgIpc) is 2.86. The van der Waals surface area contributed by atoms with Crippen LogP contribution in [-0.4, -0.2) is 29.1 Å². The lowest BCUT2D eigenvalue weighted by Crippen LogP contribution is -2.27. The smallest absolute Gasteiger partial charge is 0.303 e. The third-order valence-corrected chi connectivity index (χ3v) is 3.96. The normalized spacial score (nSPS) is 16.4. The summed E-state index contributed by atoms with van der Waals surface area (Å²) in [5, 5.41) is 11.8. The van der Waals surface area contributed by atoms with Crippen molar-refractivity contribution in [2.45, 2.75) is 38.5 Å². The van der Waals surface area contributed by atoms with Gasteiger partial charge in [-0.2, -0.15) is 0 Å². The Morgan fingerprint density at radius 3 is 2.71 bits per heavy atom. The van der Waals surface area contributed by atoms with Gasteiger partial charge in [0.05, 0.1) is 13.5 Å². The molecular formula is C15H20N2O4. The molecular weight excluding hydrogens is 272 g/mol. The minimum atomic E-state index is -0.844. The molecule has 1 amide bonds.